The van der Waals surface area contributed by atoms with Crippen LogP contribution in [0, 0.1) is 5.82 Å². The van der Waals surface area contributed by atoms with E-state index in [-0.39, 0.29) is 24.8 Å². The second-order valence-corrected chi connectivity index (χ2v) is 5.38. The molecule has 3 rings (SSSR count). The summed E-state index contributed by atoms with van der Waals surface area (Å²) in [4.78, 5) is 24.4. The van der Waals surface area contributed by atoms with Gasteiger partial charge in [0.25, 0.3) is 0 Å². The molecule has 2 aromatic rings. The van der Waals surface area contributed by atoms with Gasteiger partial charge in [-0.2, -0.15) is 0 Å². The summed E-state index contributed by atoms with van der Waals surface area (Å²) in [5.74, 6) is -1.22. The van der Waals surface area contributed by atoms with Gasteiger partial charge in [0, 0.05) is 17.8 Å². The van der Waals surface area contributed by atoms with E-state index in [0.29, 0.717) is 23.4 Å². The molecule has 2 amide bonds. The van der Waals surface area contributed by atoms with Crippen molar-refractivity contribution in [1.29, 1.82) is 0 Å². The number of fused-ring (bicyclic) bond motifs is 1. The first-order valence-corrected chi connectivity index (χ1v) is 7.20. The molecule has 1 aliphatic rings. The minimum atomic E-state index is -0.865. The fourth-order valence-corrected chi connectivity index (χ4v) is 2.58. The first kappa shape index (κ1) is 15.0. The Bertz CT molecular complexity index is 776. The molecule has 2 aromatic carbocycles. The van der Waals surface area contributed by atoms with Gasteiger partial charge in [-0.25, -0.2) is 9.18 Å². The van der Waals surface area contributed by atoms with Crippen molar-refractivity contribution in [3.63, 3.8) is 0 Å². The Morgan fingerprint density at radius 2 is 2.09 bits per heavy atom. The second-order valence-electron chi connectivity index (χ2n) is 5.38. The highest BCUT2D eigenvalue weighted by atomic mass is 19.1. The summed E-state index contributed by atoms with van der Waals surface area (Å²) in [5, 5.41) is 11.5. The van der Waals surface area contributed by atoms with Crippen LogP contribution in [0.4, 0.5) is 20.6 Å². The van der Waals surface area contributed by atoms with Gasteiger partial charge in [0.15, 0.2) is 0 Å². The number of rotatable bonds is 4. The molecular weight excluding hydrogens is 299 g/mol. The molecule has 0 spiro atoms. The molecule has 0 radical (unpaired) electrons. The lowest BCUT2D eigenvalue weighted by molar-refractivity contribution is -0.136. The highest BCUT2D eigenvalue weighted by Gasteiger charge is 2.24. The largest absolute Gasteiger partial charge is 0.481 e. The number of amides is 2. The number of aliphatic carboxylic acids is 1. The summed E-state index contributed by atoms with van der Waals surface area (Å²) in [6, 6.07) is 11.1. The standard InChI is InChI=1S/C17H15FN2O3/c18-13-5-6-15-12(9-13)10-20(17(23)19-15)14-3-1-2-11(8-14)4-7-16(21)22/h1-3,5-6,8-9H,4,7,10H2,(H,19,23)(H,21,22). The van der Waals surface area contributed by atoms with Crippen LogP contribution in [0.3, 0.4) is 0 Å². The van der Waals surface area contributed by atoms with E-state index in [2.05, 4.69) is 5.32 Å². The van der Waals surface area contributed by atoms with Crippen molar-refractivity contribution in [3.05, 3.63) is 59.4 Å². The van der Waals surface area contributed by atoms with Crippen molar-refractivity contribution in [2.24, 2.45) is 0 Å². The summed E-state index contributed by atoms with van der Waals surface area (Å²) in [7, 11) is 0. The van der Waals surface area contributed by atoms with Gasteiger partial charge in [0.05, 0.1) is 6.54 Å². The van der Waals surface area contributed by atoms with Crippen molar-refractivity contribution < 1.29 is 19.1 Å². The van der Waals surface area contributed by atoms with Crippen LogP contribution in [0.15, 0.2) is 42.5 Å². The van der Waals surface area contributed by atoms with Crippen LogP contribution < -0.4 is 10.2 Å². The summed E-state index contributed by atoms with van der Waals surface area (Å²) >= 11 is 0. The molecular formula is C17H15FN2O3. The second kappa shape index (κ2) is 6.08. The maximum absolute atomic E-state index is 13.4. The number of urea groups is 1. The number of carboxylic acid groups (broad SMARTS) is 1. The topological polar surface area (TPSA) is 69.6 Å². The van der Waals surface area contributed by atoms with E-state index in [4.69, 9.17) is 5.11 Å². The molecule has 23 heavy (non-hydrogen) atoms. The Labute approximate surface area is 132 Å². The molecule has 0 aromatic heterocycles. The number of hydrogen-bond acceptors (Lipinski definition) is 2. The van der Waals surface area contributed by atoms with Crippen molar-refractivity contribution >= 4 is 23.4 Å². The highest BCUT2D eigenvalue weighted by Crippen LogP contribution is 2.28. The van der Waals surface area contributed by atoms with Gasteiger partial charge in [-0.3, -0.25) is 9.69 Å². The maximum Gasteiger partial charge on any atom is 0.326 e. The van der Waals surface area contributed by atoms with Gasteiger partial charge < -0.3 is 10.4 Å². The van der Waals surface area contributed by atoms with Crippen molar-refractivity contribution in [3.8, 4) is 0 Å². The molecule has 0 fully saturated rings. The molecule has 0 saturated heterocycles. The van der Waals surface area contributed by atoms with E-state index in [1.54, 1.807) is 24.3 Å². The SMILES string of the molecule is O=C(O)CCc1cccc(N2Cc3cc(F)ccc3NC2=O)c1. The summed E-state index contributed by atoms with van der Waals surface area (Å²) < 4.78 is 13.4. The Balaban J connectivity index is 1.85. The lowest BCUT2D eigenvalue weighted by Crippen LogP contribution is -2.38. The van der Waals surface area contributed by atoms with Crippen LogP contribution in [0.2, 0.25) is 0 Å². The molecule has 0 aliphatic carbocycles. The zero-order valence-electron chi connectivity index (χ0n) is 12.3. The van der Waals surface area contributed by atoms with E-state index in [0.717, 1.165) is 5.56 Å². The van der Waals surface area contributed by atoms with Gasteiger partial charge in [0.2, 0.25) is 0 Å². The number of nitrogens with one attached hydrogen (secondary N) is 1. The quantitative estimate of drug-likeness (QED) is 0.909. The number of halogens is 1. The zero-order chi connectivity index (χ0) is 16.4. The predicted octanol–water partition coefficient (Wildman–Crippen LogP) is 3.40. The van der Waals surface area contributed by atoms with Crippen molar-refractivity contribution in [1.82, 2.24) is 0 Å². The molecule has 5 nitrogen and oxygen atoms in total. The van der Waals surface area contributed by atoms with Gasteiger partial charge in [-0.15, -0.1) is 0 Å². The number of carbonyl (C=O) groups is 2. The molecule has 0 unspecified atom stereocenters. The number of aryl methyl sites for hydroxylation is 1. The third-order valence-corrected chi connectivity index (χ3v) is 3.73. The Hall–Kier alpha value is -2.89. The van der Waals surface area contributed by atoms with E-state index in [9.17, 15) is 14.0 Å². The monoisotopic (exact) mass is 314 g/mol. The lowest BCUT2D eigenvalue weighted by atomic mass is 10.1. The number of benzene rings is 2. The first-order valence-electron chi connectivity index (χ1n) is 7.20. The predicted molar refractivity (Wildman–Crippen MR) is 84.0 cm³/mol. The van der Waals surface area contributed by atoms with E-state index in [1.807, 2.05) is 6.07 Å². The zero-order valence-corrected chi connectivity index (χ0v) is 12.3. The average molecular weight is 314 g/mol. The van der Waals surface area contributed by atoms with Crippen molar-refractivity contribution in [2.75, 3.05) is 10.2 Å². The minimum Gasteiger partial charge on any atom is -0.481 e. The van der Waals surface area contributed by atoms with Crippen LogP contribution in [-0.2, 0) is 17.8 Å². The molecule has 0 atom stereocenters. The Morgan fingerprint density at radius 3 is 2.87 bits per heavy atom. The van der Waals surface area contributed by atoms with Crippen LogP contribution in [0.1, 0.15) is 17.5 Å². The third kappa shape index (κ3) is 3.31. The van der Waals surface area contributed by atoms with E-state index >= 15 is 0 Å². The van der Waals surface area contributed by atoms with Gasteiger partial charge in [-0.05, 0) is 47.9 Å². The number of nitrogens with zero attached hydrogens (tertiary/aromatic N) is 1. The van der Waals surface area contributed by atoms with Crippen LogP contribution in [0.25, 0.3) is 0 Å². The molecule has 118 valence electrons. The highest BCUT2D eigenvalue weighted by molar-refractivity contribution is 6.04. The normalized spacial score (nSPS) is 13.4. The molecule has 1 aliphatic heterocycles. The van der Waals surface area contributed by atoms with Crippen LogP contribution in [0.5, 0.6) is 0 Å². The Morgan fingerprint density at radius 1 is 1.26 bits per heavy atom. The number of carboxylic acids is 1. The number of carbonyl (C=O) groups excluding carboxylic acids is 1. The third-order valence-electron chi connectivity index (χ3n) is 3.73. The number of anilines is 2. The molecule has 0 bridgehead atoms. The molecule has 1 heterocycles. The van der Waals surface area contributed by atoms with Crippen molar-refractivity contribution in [2.45, 2.75) is 19.4 Å². The minimum absolute atomic E-state index is 0.0314. The summed E-state index contributed by atoms with van der Waals surface area (Å²) in [6.45, 7) is 0.265. The maximum atomic E-state index is 13.4. The van der Waals surface area contributed by atoms with Crippen LogP contribution >= 0.6 is 0 Å². The molecule has 0 saturated carbocycles. The lowest BCUT2D eigenvalue weighted by Gasteiger charge is -2.29. The van der Waals surface area contributed by atoms with E-state index < -0.39 is 5.97 Å². The first-order chi connectivity index (χ1) is 11.0. The van der Waals surface area contributed by atoms with Gasteiger partial charge in [-0.1, -0.05) is 12.1 Å². The van der Waals surface area contributed by atoms with Gasteiger partial charge in [0.1, 0.15) is 5.82 Å². The number of hydrogen-bond donors (Lipinski definition) is 2. The fraction of sp³-hybridized carbons (Fsp3) is 0.176. The molecule has 6 heteroatoms. The fourth-order valence-electron chi connectivity index (χ4n) is 2.58. The molecule has 2 N–H and O–H groups in total. The Kier molecular flexibility index (Phi) is 3.97. The van der Waals surface area contributed by atoms with Gasteiger partial charge >= 0.3 is 12.0 Å². The summed E-state index contributed by atoms with van der Waals surface area (Å²) in [6.07, 6.45) is 0.424. The summed E-state index contributed by atoms with van der Waals surface area (Å²) in [5.41, 5.74) is 2.79. The average Bonchev–Trinajstić information content (AvgIpc) is 2.53. The van der Waals surface area contributed by atoms with E-state index in [1.165, 1.54) is 17.0 Å². The smallest absolute Gasteiger partial charge is 0.326 e. The van der Waals surface area contributed by atoms with Crippen LogP contribution in [-0.4, -0.2) is 17.1 Å².